The molecule has 0 heterocycles. The third-order valence-corrected chi connectivity index (χ3v) is 4.84. The summed E-state index contributed by atoms with van der Waals surface area (Å²) >= 11 is 0. The molecule has 0 spiro atoms. The van der Waals surface area contributed by atoms with E-state index in [1.54, 1.807) is 43.5 Å². The summed E-state index contributed by atoms with van der Waals surface area (Å²) < 4.78 is 36.0. The van der Waals surface area contributed by atoms with Crippen LogP contribution >= 0.6 is 0 Å². The lowest BCUT2D eigenvalue weighted by atomic mass is 10.0. The topological polar surface area (TPSA) is 35.5 Å². The summed E-state index contributed by atoms with van der Waals surface area (Å²) in [5.41, 5.74) is 0.789. The minimum absolute atomic E-state index is 0.180. The van der Waals surface area contributed by atoms with Gasteiger partial charge < -0.3 is 9.39 Å². The van der Waals surface area contributed by atoms with Crippen LogP contribution in [0.2, 0.25) is 0 Å². The van der Waals surface area contributed by atoms with E-state index in [1.165, 1.54) is 0 Å². The van der Waals surface area contributed by atoms with Crippen LogP contribution in [0.1, 0.15) is 15.9 Å². The number of hydrogen-bond donors (Lipinski definition) is 0. The van der Waals surface area contributed by atoms with E-state index < -0.39 is 13.3 Å². The van der Waals surface area contributed by atoms with Crippen LogP contribution in [0.5, 0.6) is 5.75 Å². The number of fused-ring (bicyclic) bond motifs is 2. The van der Waals surface area contributed by atoms with Gasteiger partial charge in [0, 0.05) is 17.2 Å². The summed E-state index contributed by atoms with van der Waals surface area (Å²) in [6.07, 6.45) is 1.11. The minimum Gasteiger partial charge on any atom is -0.505 e. The first-order chi connectivity index (χ1) is 14.5. The highest BCUT2D eigenvalue weighted by molar-refractivity contribution is 6.36. The molecule has 148 valence electrons. The summed E-state index contributed by atoms with van der Waals surface area (Å²) in [5, 5.41) is 3.59. The molecule has 3 nitrogen and oxygen atoms in total. The summed E-state index contributed by atoms with van der Waals surface area (Å²) in [4.78, 5) is 12.8. The van der Waals surface area contributed by atoms with E-state index in [1.807, 2.05) is 42.5 Å². The number of methoxy groups -OCH3 is 1. The van der Waals surface area contributed by atoms with Crippen molar-refractivity contribution in [2.75, 3.05) is 7.11 Å². The number of ether oxygens (including phenoxy) is 1. The maximum atomic E-state index is 13.1. The van der Waals surface area contributed by atoms with Crippen molar-refractivity contribution in [2.45, 2.75) is 0 Å². The van der Waals surface area contributed by atoms with Gasteiger partial charge in [-0.1, -0.05) is 54.6 Å². The van der Waals surface area contributed by atoms with E-state index in [0.29, 0.717) is 16.9 Å². The summed E-state index contributed by atoms with van der Waals surface area (Å²) in [6, 6.07) is 23.4. The van der Waals surface area contributed by atoms with Gasteiger partial charge in [-0.15, -0.1) is 0 Å². The second-order valence-corrected chi connectivity index (χ2v) is 6.74. The second kappa shape index (κ2) is 8.37. The molecular weight excluding hydrogens is 385 g/mol. The van der Waals surface area contributed by atoms with Gasteiger partial charge in [0.15, 0.2) is 5.78 Å². The maximum Gasteiger partial charge on any atom is 0.796 e. The van der Waals surface area contributed by atoms with Gasteiger partial charge in [-0.3, -0.25) is 4.79 Å². The molecule has 0 N–H and O–H groups in total. The average molecular weight is 402 g/mol. The molecule has 6 heteroatoms. The van der Waals surface area contributed by atoms with Crippen LogP contribution in [0.25, 0.3) is 27.3 Å². The predicted octanol–water partition coefficient (Wildman–Crippen LogP) is 6.17. The standard InChI is InChI=1S/C24H17BF2O3/c1-29-22-11-10-18-13-21(9-7-19(18)14-22)24(30-25(26)27)15-23(28)20-8-6-16-4-2-3-5-17(16)12-20/h2-15H,1H3/b24-15-. The van der Waals surface area contributed by atoms with E-state index >= 15 is 0 Å². The molecule has 0 radical (unpaired) electrons. The lowest BCUT2D eigenvalue weighted by Crippen LogP contribution is -2.06. The number of allylic oxidation sites excluding steroid dienone is 1. The number of hydrogen-bond acceptors (Lipinski definition) is 3. The van der Waals surface area contributed by atoms with Crippen LogP contribution in [-0.2, 0) is 4.65 Å². The SMILES string of the molecule is COc1ccc2cc(/C(=C/C(=O)c3ccc4ccccc4c3)OB(F)F)ccc2c1. The molecule has 4 aromatic carbocycles. The molecule has 0 bridgehead atoms. The van der Waals surface area contributed by atoms with Gasteiger partial charge in [0.05, 0.1) is 7.11 Å². The zero-order chi connectivity index (χ0) is 21.1. The van der Waals surface area contributed by atoms with Crippen LogP contribution < -0.4 is 4.74 Å². The lowest BCUT2D eigenvalue weighted by molar-refractivity contribution is 0.104. The zero-order valence-corrected chi connectivity index (χ0v) is 16.1. The van der Waals surface area contributed by atoms with Crippen molar-refractivity contribution in [2.24, 2.45) is 0 Å². The highest BCUT2D eigenvalue weighted by Crippen LogP contribution is 2.27. The largest absolute Gasteiger partial charge is 0.796 e. The molecule has 0 saturated carbocycles. The van der Waals surface area contributed by atoms with Crippen LogP contribution in [0, 0.1) is 0 Å². The second-order valence-electron chi connectivity index (χ2n) is 6.74. The Morgan fingerprint density at radius 3 is 2.17 bits per heavy atom. The van der Waals surface area contributed by atoms with Crippen molar-refractivity contribution < 1.29 is 22.8 Å². The Bertz CT molecular complexity index is 1270. The van der Waals surface area contributed by atoms with Gasteiger partial charge in [-0.2, -0.15) is 0 Å². The Labute approximate surface area is 172 Å². The lowest BCUT2D eigenvalue weighted by Gasteiger charge is -2.11. The van der Waals surface area contributed by atoms with Gasteiger partial charge >= 0.3 is 7.47 Å². The molecule has 0 aromatic heterocycles. The molecule has 0 amide bonds. The van der Waals surface area contributed by atoms with E-state index in [0.717, 1.165) is 27.6 Å². The van der Waals surface area contributed by atoms with Crippen LogP contribution in [-0.4, -0.2) is 20.4 Å². The van der Waals surface area contributed by atoms with Crippen molar-refractivity contribution in [3.63, 3.8) is 0 Å². The number of rotatable bonds is 6. The van der Waals surface area contributed by atoms with Gasteiger partial charge in [0.2, 0.25) is 0 Å². The van der Waals surface area contributed by atoms with Crippen molar-refractivity contribution >= 4 is 40.6 Å². The smallest absolute Gasteiger partial charge is 0.505 e. The Hall–Kier alpha value is -3.67. The molecule has 0 aliphatic carbocycles. The number of carbonyl (C=O) groups is 1. The van der Waals surface area contributed by atoms with Crippen molar-refractivity contribution in [1.29, 1.82) is 0 Å². The molecular formula is C24H17BF2O3. The van der Waals surface area contributed by atoms with E-state index in [9.17, 15) is 13.4 Å². The number of carbonyl (C=O) groups excluding carboxylic acids is 1. The first-order valence-electron chi connectivity index (χ1n) is 9.31. The monoisotopic (exact) mass is 402 g/mol. The van der Waals surface area contributed by atoms with Crippen molar-refractivity contribution in [1.82, 2.24) is 0 Å². The summed E-state index contributed by atoms with van der Waals surface area (Å²) in [7, 11) is -1.47. The van der Waals surface area contributed by atoms with Gasteiger partial charge in [0.25, 0.3) is 0 Å². The molecule has 4 aromatic rings. The van der Waals surface area contributed by atoms with E-state index in [-0.39, 0.29) is 5.76 Å². The molecule has 0 aliphatic heterocycles. The molecule has 0 aliphatic rings. The predicted molar refractivity (Wildman–Crippen MR) is 116 cm³/mol. The van der Waals surface area contributed by atoms with Crippen LogP contribution in [0.3, 0.4) is 0 Å². The van der Waals surface area contributed by atoms with E-state index in [4.69, 9.17) is 9.39 Å². The van der Waals surface area contributed by atoms with Gasteiger partial charge in [-0.25, -0.2) is 8.63 Å². The van der Waals surface area contributed by atoms with E-state index in [2.05, 4.69) is 0 Å². The molecule has 4 rings (SSSR count). The minimum atomic E-state index is -3.05. The Kier molecular flexibility index (Phi) is 5.48. The summed E-state index contributed by atoms with van der Waals surface area (Å²) in [5.74, 6) is 0.105. The fraction of sp³-hybridized carbons (Fsp3) is 0.0417. The maximum absolute atomic E-state index is 13.1. The zero-order valence-electron chi connectivity index (χ0n) is 16.1. The Morgan fingerprint density at radius 1 is 0.800 bits per heavy atom. The van der Waals surface area contributed by atoms with Crippen LogP contribution in [0.15, 0.2) is 84.9 Å². The van der Waals surface area contributed by atoms with Crippen molar-refractivity contribution in [3.05, 3.63) is 96.1 Å². The molecule has 0 atom stereocenters. The first-order valence-corrected chi connectivity index (χ1v) is 9.31. The fourth-order valence-electron chi connectivity index (χ4n) is 3.33. The van der Waals surface area contributed by atoms with Gasteiger partial charge in [-0.05, 0) is 45.8 Å². The number of benzene rings is 4. The average Bonchev–Trinajstić information content (AvgIpc) is 2.77. The quantitative estimate of drug-likeness (QED) is 0.168. The molecule has 30 heavy (non-hydrogen) atoms. The third kappa shape index (κ3) is 4.18. The highest BCUT2D eigenvalue weighted by Gasteiger charge is 2.21. The fourth-order valence-corrected chi connectivity index (χ4v) is 3.33. The molecule has 0 saturated heterocycles. The van der Waals surface area contributed by atoms with Crippen LogP contribution in [0.4, 0.5) is 8.63 Å². The van der Waals surface area contributed by atoms with Gasteiger partial charge in [0.1, 0.15) is 11.5 Å². The number of ketones is 1. The number of halogens is 2. The van der Waals surface area contributed by atoms with Crippen molar-refractivity contribution in [3.8, 4) is 5.75 Å². The normalized spacial score (nSPS) is 11.5. The molecule has 0 fully saturated rings. The highest BCUT2D eigenvalue weighted by atomic mass is 19.2. The Morgan fingerprint density at radius 2 is 1.40 bits per heavy atom. The summed E-state index contributed by atoms with van der Waals surface area (Å²) in [6.45, 7) is 0. The molecule has 0 unspecified atom stereocenters. The Balaban J connectivity index is 1.73. The first kappa shape index (κ1) is 19.6. The third-order valence-electron chi connectivity index (χ3n) is 4.84.